The number of aryl methyl sites for hydroxylation is 1. The first-order valence-electron chi connectivity index (χ1n) is 11.9. The van der Waals surface area contributed by atoms with Gasteiger partial charge in [0.25, 0.3) is 0 Å². The Morgan fingerprint density at radius 1 is 0.838 bits per heavy atom. The molecule has 0 fully saturated rings. The average Bonchev–Trinajstić information content (AvgIpc) is 2.95. The molecule has 4 aromatic rings. The highest BCUT2D eigenvalue weighted by atomic mass is 16.5. The van der Waals surface area contributed by atoms with Crippen LogP contribution in [0.2, 0.25) is 0 Å². The molecule has 3 aromatic carbocycles. The second kappa shape index (κ2) is 10.1. The van der Waals surface area contributed by atoms with Gasteiger partial charge < -0.3 is 23.5 Å². The first kappa shape index (κ1) is 24.0. The fourth-order valence-electron chi connectivity index (χ4n) is 4.75. The summed E-state index contributed by atoms with van der Waals surface area (Å²) in [4.78, 5) is 0. The SMILES string of the molecule is COc1cc2c(cc1OC)-c1cc(-c3ccc(OCc4ccccc4)c(OC)c3)c(C#N)c(=N)n1CC2. The number of ether oxygens (including phenoxy) is 4. The predicted molar refractivity (Wildman–Crippen MR) is 140 cm³/mol. The summed E-state index contributed by atoms with van der Waals surface area (Å²) in [6.07, 6.45) is 0.727. The zero-order valence-corrected chi connectivity index (χ0v) is 21.0. The number of aromatic nitrogens is 1. The van der Waals surface area contributed by atoms with Gasteiger partial charge in [0, 0.05) is 17.7 Å². The molecule has 0 bridgehead atoms. The summed E-state index contributed by atoms with van der Waals surface area (Å²) in [5.41, 5.74) is 5.89. The lowest BCUT2D eigenvalue weighted by Crippen LogP contribution is -2.28. The van der Waals surface area contributed by atoms with Crippen LogP contribution >= 0.6 is 0 Å². The summed E-state index contributed by atoms with van der Waals surface area (Å²) < 4.78 is 24.6. The molecule has 7 nitrogen and oxygen atoms in total. The Bertz CT molecular complexity index is 1570. The van der Waals surface area contributed by atoms with Crippen LogP contribution in [0, 0.1) is 16.7 Å². The first-order chi connectivity index (χ1) is 18.1. The molecule has 1 aliphatic heterocycles. The van der Waals surface area contributed by atoms with E-state index >= 15 is 0 Å². The van der Waals surface area contributed by atoms with E-state index in [4.69, 9.17) is 24.4 Å². The largest absolute Gasteiger partial charge is 0.493 e. The Morgan fingerprint density at radius 3 is 2.24 bits per heavy atom. The minimum atomic E-state index is 0.179. The van der Waals surface area contributed by atoms with Crippen molar-refractivity contribution in [2.75, 3.05) is 21.3 Å². The van der Waals surface area contributed by atoms with Gasteiger partial charge in [0.15, 0.2) is 23.0 Å². The number of nitrogens with zero attached hydrogens (tertiary/aromatic N) is 2. The van der Waals surface area contributed by atoms with Crippen molar-refractivity contribution < 1.29 is 18.9 Å². The van der Waals surface area contributed by atoms with E-state index in [0.29, 0.717) is 47.3 Å². The Kier molecular flexibility index (Phi) is 6.57. The summed E-state index contributed by atoms with van der Waals surface area (Å²) in [6, 6.07) is 23.7. The van der Waals surface area contributed by atoms with E-state index in [2.05, 4.69) is 6.07 Å². The zero-order valence-electron chi connectivity index (χ0n) is 21.0. The quantitative estimate of drug-likeness (QED) is 0.376. The van der Waals surface area contributed by atoms with Gasteiger partial charge in [-0.3, -0.25) is 5.41 Å². The molecular formula is C30H27N3O4. The number of benzene rings is 3. The molecule has 0 unspecified atom stereocenters. The number of nitrogens with one attached hydrogen (secondary N) is 1. The lowest BCUT2D eigenvalue weighted by Gasteiger charge is -2.25. The third-order valence-electron chi connectivity index (χ3n) is 6.66. The van der Waals surface area contributed by atoms with Crippen LogP contribution in [0.5, 0.6) is 23.0 Å². The second-order valence-electron chi connectivity index (χ2n) is 8.68. The van der Waals surface area contributed by atoms with Crippen LogP contribution in [0.25, 0.3) is 22.4 Å². The molecule has 0 spiro atoms. The minimum absolute atomic E-state index is 0.179. The zero-order chi connectivity index (χ0) is 25.9. The van der Waals surface area contributed by atoms with Gasteiger partial charge >= 0.3 is 0 Å². The monoisotopic (exact) mass is 493 g/mol. The molecule has 5 rings (SSSR count). The molecule has 0 saturated heterocycles. The molecule has 0 amide bonds. The number of pyridine rings is 1. The van der Waals surface area contributed by atoms with Crippen molar-refractivity contribution in [1.82, 2.24) is 4.57 Å². The second-order valence-corrected chi connectivity index (χ2v) is 8.68. The summed E-state index contributed by atoms with van der Waals surface area (Å²) >= 11 is 0. The summed E-state index contributed by atoms with van der Waals surface area (Å²) in [7, 11) is 4.82. The highest BCUT2D eigenvalue weighted by molar-refractivity contribution is 5.79. The van der Waals surface area contributed by atoms with E-state index in [9.17, 15) is 5.26 Å². The van der Waals surface area contributed by atoms with Crippen LogP contribution in [0.1, 0.15) is 16.7 Å². The molecular weight excluding hydrogens is 466 g/mol. The number of rotatable bonds is 7. The summed E-state index contributed by atoms with van der Waals surface area (Å²) in [5.74, 6) is 2.45. The van der Waals surface area contributed by atoms with Crippen LogP contribution in [-0.2, 0) is 19.6 Å². The maximum atomic E-state index is 10.0. The Balaban J connectivity index is 1.60. The number of hydrogen-bond donors (Lipinski definition) is 1. The fraction of sp³-hybridized carbons (Fsp3) is 0.200. The normalized spacial score (nSPS) is 11.6. The van der Waals surface area contributed by atoms with Gasteiger partial charge in [0.1, 0.15) is 23.7 Å². The average molecular weight is 494 g/mol. The van der Waals surface area contributed by atoms with Crippen LogP contribution in [0.3, 0.4) is 0 Å². The van der Waals surface area contributed by atoms with Gasteiger partial charge in [-0.15, -0.1) is 0 Å². The van der Waals surface area contributed by atoms with Gasteiger partial charge in [-0.1, -0.05) is 36.4 Å². The molecule has 0 saturated carbocycles. The third-order valence-corrected chi connectivity index (χ3v) is 6.66. The number of nitriles is 1. The molecule has 1 N–H and O–H groups in total. The highest BCUT2D eigenvalue weighted by Crippen LogP contribution is 2.40. The topological polar surface area (TPSA) is 89.5 Å². The lowest BCUT2D eigenvalue weighted by atomic mass is 9.92. The molecule has 0 radical (unpaired) electrons. The molecule has 0 atom stereocenters. The van der Waals surface area contributed by atoms with E-state index in [1.54, 1.807) is 21.3 Å². The lowest BCUT2D eigenvalue weighted by molar-refractivity contribution is 0.284. The third kappa shape index (κ3) is 4.38. The molecule has 186 valence electrons. The number of methoxy groups -OCH3 is 3. The smallest absolute Gasteiger partial charge is 0.161 e. The Morgan fingerprint density at radius 2 is 1.54 bits per heavy atom. The number of fused-ring (bicyclic) bond motifs is 3. The van der Waals surface area contributed by atoms with Gasteiger partial charge in [0.05, 0.1) is 27.0 Å². The molecule has 37 heavy (non-hydrogen) atoms. The van der Waals surface area contributed by atoms with Crippen molar-refractivity contribution in [2.24, 2.45) is 0 Å². The van der Waals surface area contributed by atoms with E-state index in [1.165, 1.54) is 0 Å². The standard InChI is InChI=1S/C30H27N3O4/c1-34-27-13-20(9-10-26(27)37-18-19-7-5-4-6-8-19)22-15-25-23-16-29(36-3)28(35-2)14-21(23)11-12-33(25)30(32)24(22)17-31/h4-10,13-16,32H,11-12,18H2,1-3H3. The first-order valence-corrected chi connectivity index (χ1v) is 11.9. The maximum Gasteiger partial charge on any atom is 0.161 e. The van der Waals surface area contributed by atoms with Crippen LogP contribution in [0.15, 0.2) is 66.7 Å². The fourth-order valence-corrected chi connectivity index (χ4v) is 4.75. The number of hydrogen-bond acceptors (Lipinski definition) is 6. The van der Waals surface area contributed by atoms with Crippen LogP contribution < -0.4 is 24.4 Å². The summed E-state index contributed by atoms with van der Waals surface area (Å²) in [5, 5.41) is 18.9. The Hall–Kier alpha value is -4.70. The van der Waals surface area contributed by atoms with Crippen molar-refractivity contribution in [3.63, 3.8) is 0 Å². The predicted octanol–water partition coefficient (Wildman–Crippen LogP) is 5.33. The van der Waals surface area contributed by atoms with Crippen molar-refractivity contribution in [1.29, 1.82) is 10.7 Å². The van der Waals surface area contributed by atoms with Crippen molar-refractivity contribution in [3.8, 4) is 51.5 Å². The van der Waals surface area contributed by atoms with Gasteiger partial charge in [-0.25, -0.2) is 0 Å². The van der Waals surface area contributed by atoms with Crippen LogP contribution in [-0.4, -0.2) is 25.9 Å². The minimum Gasteiger partial charge on any atom is -0.493 e. The Labute approximate surface area is 215 Å². The van der Waals surface area contributed by atoms with Gasteiger partial charge in [0.2, 0.25) is 0 Å². The van der Waals surface area contributed by atoms with Gasteiger partial charge in [-0.2, -0.15) is 5.26 Å². The van der Waals surface area contributed by atoms with Crippen molar-refractivity contribution in [3.05, 3.63) is 88.9 Å². The van der Waals surface area contributed by atoms with E-state index in [1.807, 2.05) is 71.3 Å². The molecule has 1 aromatic heterocycles. The molecule has 0 aliphatic carbocycles. The molecule has 7 heteroatoms. The van der Waals surface area contributed by atoms with E-state index in [0.717, 1.165) is 34.4 Å². The van der Waals surface area contributed by atoms with Gasteiger partial charge in [-0.05, 0) is 53.4 Å². The maximum absolute atomic E-state index is 10.0. The molecule has 2 heterocycles. The van der Waals surface area contributed by atoms with Crippen molar-refractivity contribution in [2.45, 2.75) is 19.6 Å². The van der Waals surface area contributed by atoms with E-state index in [-0.39, 0.29) is 5.49 Å². The van der Waals surface area contributed by atoms with Crippen molar-refractivity contribution >= 4 is 0 Å². The highest BCUT2D eigenvalue weighted by Gasteiger charge is 2.23. The van der Waals surface area contributed by atoms with E-state index < -0.39 is 0 Å². The molecule has 1 aliphatic rings. The van der Waals surface area contributed by atoms with Crippen LogP contribution in [0.4, 0.5) is 0 Å². The summed E-state index contributed by atoms with van der Waals surface area (Å²) in [6.45, 7) is 1.01.